The number of nitrogens with zero attached hydrogens (tertiary/aromatic N) is 3. The van der Waals surface area contributed by atoms with Crippen molar-refractivity contribution in [3.05, 3.63) is 18.5 Å². The van der Waals surface area contributed by atoms with Crippen molar-refractivity contribution in [2.24, 2.45) is 5.92 Å². The summed E-state index contributed by atoms with van der Waals surface area (Å²) in [5, 5.41) is 15.0. The average molecular weight is 246 g/mol. The molecule has 7 heteroatoms. The second-order valence-corrected chi connectivity index (χ2v) is 3.76. The Bertz CT molecular complexity index is 366. The maximum atomic E-state index is 12.3. The van der Waals surface area contributed by atoms with Crippen LogP contribution in [0.15, 0.2) is 18.5 Å². The molecule has 0 amide bonds. The molecule has 0 aliphatic heterocycles. The van der Waals surface area contributed by atoms with Gasteiger partial charge in [0.1, 0.15) is 0 Å². The Morgan fingerprint density at radius 1 is 1.53 bits per heavy atom. The number of nitriles is 1. The lowest BCUT2D eigenvalue weighted by atomic mass is 10.1. The zero-order valence-electron chi connectivity index (χ0n) is 9.28. The number of hydrogen-bond donors (Lipinski definition) is 1. The summed E-state index contributed by atoms with van der Waals surface area (Å²) in [5.74, 6) is -1.97. The molecule has 0 bridgehead atoms. The van der Waals surface area contributed by atoms with E-state index in [1.54, 1.807) is 30.1 Å². The number of halogens is 3. The van der Waals surface area contributed by atoms with Crippen LogP contribution in [0.1, 0.15) is 6.92 Å². The summed E-state index contributed by atoms with van der Waals surface area (Å²) in [6.45, 7) is 1.80. The molecular formula is C10H13F3N4. The molecule has 0 radical (unpaired) electrons. The smallest absolute Gasteiger partial charge is 0.311 e. The van der Waals surface area contributed by atoms with E-state index in [4.69, 9.17) is 5.26 Å². The molecule has 0 fully saturated rings. The minimum Gasteiger partial charge on any atom is -0.311 e. The van der Waals surface area contributed by atoms with Gasteiger partial charge in [0.2, 0.25) is 0 Å². The molecule has 2 atom stereocenters. The Labute approximate surface area is 97.0 Å². The lowest BCUT2D eigenvalue weighted by Gasteiger charge is -2.18. The van der Waals surface area contributed by atoms with E-state index >= 15 is 0 Å². The molecule has 1 rings (SSSR count). The summed E-state index contributed by atoms with van der Waals surface area (Å²) in [6.07, 6.45) is -1.16. The van der Waals surface area contributed by atoms with Crippen LogP contribution in [-0.2, 0) is 6.54 Å². The second-order valence-electron chi connectivity index (χ2n) is 3.76. The molecule has 1 aromatic heterocycles. The van der Waals surface area contributed by atoms with Crippen LogP contribution in [0.3, 0.4) is 0 Å². The highest BCUT2D eigenvalue weighted by Crippen LogP contribution is 2.24. The third-order valence-electron chi connectivity index (χ3n) is 2.24. The predicted octanol–water partition coefficient (Wildman–Crippen LogP) is 1.56. The minimum absolute atomic E-state index is 0.187. The first-order valence-electron chi connectivity index (χ1n) is 5.10. The third-order valence-corrected chi connectivity index (χ3v) is 2.24. The van der Waals surface area contributed by atoms with Gasteiger partial charge < -0.3 is 5.32 Å². The molecule has 0 aromatic carbocycles. The van der Waals surface area contributed by atoms with Gasteiger partial charge >= 0.3 is 6.18 Å². The first-order valence-corrected chi connectivity index (χ1v) is 5.10. The normalized spacial score (nSPS) is 15.2. The van der Waals surface area contributed by atoms with Gasteiger partial charge in [-0.25, -0.2) is 0 Å². The number of hydrogen-bond acceptors (Lipinski definition) is 3. The van der Waals surface area contributed by atoms with Crippen molar-refractivity contribution in [1.29, 1.82) is 5.26 Å². The van der Waals surface area contributed by atoms with Crippen LogP contribution in [-0.4, -0.2) is 28.5 Å². The topological polar surface area (TPSA) is 53.6 Å². The van der Waals surface area contributed by atoms with E-state index in [0.29, 0.717) is 6.54 Å². The van der Waals surface area contributed by atoms with Gasteiger partial charge in [-0.1, -0.05) is 0 Å². The van der Waals surface area contributed by atoms with Crippen LogP contribution in [0, 0.1) is 17.2 Å². The Kier molecular flexibility index (Phi) is 4.52. The molecule has 2 unspecified atom stereocenters. The molecule has 0 aliphatic carbocycles. The summed E-state index contributed by atoms with van der Waals surface area (Å²) in [6, 6.07) is 2.80. The van der Waals surface area contributed by atoms with Crippen LogP contribution in [0.25, 0.3) is 0 Å². The standard InChI is InChI=1S/C10H13F3N4/c1-8(7-17-4-2-3-16-17)15-6-9(5-14)10(11,12)13/h2-4,8-9,15H,6-7H2,1H3. The van der Waals surface area contributed by atoms with Gasteiger partial charge in [-0.15, -0.1) is 0 Å². The van der Waals surface area contributed by atoms with Gasteiger partial charge in [0.05, 0.1) is 12.6 Å². The number of alkyl halides is 3. The highest BCUT2D eigenvalue weighted by molar-refractivity contribution is 4.90. The fourth-order valence-electron chi connectivity index (χ4n) is 1.31. The van der Waals surface area contributed by atoms with E-state index in [1.807, 2.05) is 0 Å². The third kappa shape index (κ3) is 4.44. The van der Waals surface area contributed by atoms with E-state index in [1.165, 1.54) is 6.07 Å². The van der Waals surface area contributed by atoms with Gasteiger partial charge in [0.25, 0.3) is 0 Å². The molecule has 0 saturated carbocycles. The van der Waals surface area contributed by atoms with Crippen LogP contribution in [0.5, 0.6) is 0 Å². The zero-order chi connectivity index (χ0) is 12.9. The molecule has 0 aliphatic rings. The highest BCUT2D eigenvalue weighted by Gasteiger charge is 2.39. The Hall–Kier alpha value is -1.55. The van der Waals surface area contributed by atoms with Gasteiger partial charge in [-0.2, -0.15) is 23.5 Å². The van der Waals surface area contributed by atoms with Gasteiger partial charge in [0.15, 0.2) is 5.92 Å². The Morgan fingerprint density at radius 2 is 2.24 bits per heavy atom. The lowest BCUT2D eigenvalue weighted by molar-refractivity contribution is -0.157. The zero-order valence-corrected chi connectivity index (χ0v) is 9.28. The summed E-state index contributed by atoms with van der Waals surface area (Å²) < 4.78 is 38.4. The molecule has 0 saturated heterocycles. The van der Waals surface area contributed by atoms with E-state index < -0.39 is 18.6 Å². The number of aromatic nitrogens is 2. The van der Waals surface area contributed by atoms with Crippen molar-refractivity contribution in [3.8, 4) is 6.07 Å². The van der Waals surface area contributed by atoms with Gasteiger partial charge in [-0.3, -0.25) is 4.68 Å². The minimum atomic E-state index is -4.48. The number of nitrogens with one attached hydrogen (secondary N) is 1. The SMILES string of the molecule is CC(Cn1cccn1)NCC(C#N)C(F)(F)F. The van der Waals surface area contributed by atoms with Gasteiger partial charge in [-0.05, 0) is 13.0 Å². The van der Waals surface area contributed by atoms with Crippen LogP contribution >= 0.6 is 0 Å². The Morgan fingerprint density at radius 3 is 2.71 bits per heavy atom. The van der Waals surface area contributed by atoms with E-state index in [2.05, 4.69) is 10.4 Å². The maximum Gasteiger partial charge on any atom is 0.405 e. The van der Waals surface area contributed by atoms with E-state index in [9.17, 15) is 13.2 Å². The maximum absolute atomic E-state index is 12.3. The van der Waals surface area contributed by atoms with Crippen LogP contribution in [0.2, 0.25) is 0 Å². The summed E-state index contributed by atoms with van der Waals surface area (Å²) in [5.41, 5.74) is 0. The summed E-state index contributed by atoms with van der Waals surface area (Å²) in [4.78, 5) is 0. The quantitative estimate of drug-likeness (QED) is 0.857. The van der Waals surface area contributed by atoms with E-state index in [0.717, 1.165) is 0 Å². The van der Waals surface area contributed by atoms with Gasteiger partial charge in [0, 0.05) is 25.0 Å². The first-order chi connectivity index (χ1) is 7.93. The van der Waals surface area contributed by atoms with Crippen molar-refractivity contribution in [3.63, 3.8) is 0 Å². The Balaban J connectivity index is 2.37. The molecule has 1 heterocycles. The summed E-state index contributed by atoms with van der Waals surface area (Å²) >= 11 is 0. The van der Waals surface area contributed by atoms with Crippen molar-refractivity contribution in [1.82, 2.24) is 15.1 Å². The van der Waals surface area contributed by atoms with Crippen molar-refractivity contribution >= 4 is 0 Å². The predicted molar refractivity (Wildman–Crippen MR) is 54.8 cm³/mol. The lowest BCUT2D eigenvalue weighted by Crippen LogP contribution is -2.38. The fraction of sp³-hybridized carbons (Fsp3) is 0.600. The molecule has 17 heavy (non-hydrogen) atoms. The fourth-order valence-corrected chi connectivity index (χ4v) is 1.31. The monoisotopic (exact) mass is 246 g/mol. The highest BCUT2D eigenvalue weighted by atomic mass is 19.4. The molecular weight excluding hydrogens is 233 g/mol. The van der Waals surface area contributed by atoms with Crippen molar-refractivity contribution < 1.29 is 13.2 Å². The second kappa shape index (κ2) is 5.68. The average Bonchev–Trinajstić information content (AvgIpc) is 2.69. The number of rotatable bonds is 5. The summed E-state index contributed by atoms with van der Waals surface area (Å²) in [7, 11) is 0. The van der Waals surface area contributed by atoms with Crippen molar-refractivity contribution in [2.75, 3.05) is 6.54 Å². The molecule has 4 nitrogen and oxygen atoms in total. The molecule has 94 valence electrons. The molecule has 1 aromatic rings. The van der Waals surface area contributed by atoms with Crippen LogP contribution < -0.4 is 5.32 Å². The van der Waals surface area contributed by atoms with Crippen LogP contribution in [0.4, 0.5) is 13.2 Å². The molecule has 0 spiro atoms. The first kappa shape index (κ1) is 13.5. The molecule has 1 N–H and O–H groups in total. The van der Waals surface area contributed by atoms with E-state index in [-0.39, 0.29) is 6.04 Å². The van der Waals surface area contributed by atoms with Crippen molar-refractivity contribution in [2.45, 2.75) is 25.7 Å². The largest absolute Gasteiger partial charge is 0.405 e.